The van der Waals surface area contributed by atoms with Crippen molar-refractivity contribution in [3.8, 4) is 0 Å². The van der Waals surface area contributed by atoms with E-state index in [9.17, 15) is 15.0 Å². The molecule has 0 aliphatic carbocycles. The van der Waals surface area contributed by atoms with Crippen LogP contribution in [-0.4, -0.2) is 141 Å². The second kappa shape index (κ2) is 15.5. The molecule has 0 aromatic carbocycles. The summed E-state index contributed by atoms with van der Waals surface area (Å²) in [7, 11) is 1.62. The maximum Gasteiger partial charge on any atom is 0.135 e. The van der Waals surface area contributed by atoms with Gasteiger partial charge in [-0.05, 0) is 62.0 Å². The van der Waals surface area contributed by atoms with Crippen LogP contribution in [0.5, 0.6) is 0 Å². The molecule has 10 aliphatic rings. The number of methoxy groups -OCH3 is 1. The van der Waals surface area contributed by atoms with E-state index in [4.69, 9.17) is 42.6 Å². The average Bonchev–Trinajstić information content (AvgIpc) is 3.74. The molecule has 0 amide bonds. The minimum absolute atomic E-state index is 0.0188. The van der Waals surface area contributed by atoms with Crippen LogP contribution in [0.25, 0.3) is 0 Å². The van der Waals surface area contributed by atoms with E-state index in [0.717, 1.165) is 49.7 Å². The van der Waals surface area contributed by atoms with E-state index < -0.39 is 18.3 Å². The van der Waals surface area contributed by atoms with E-state index in [1.54, 1.807) is 7.11 Å². The standard InChI is InChI=1S/C39H58O12/c1-19-11-24-5-7-28-20(2)12-26(46-28)9-10-44-35-33-18-45-37-36-29(50-38(35)39(37)51-33)8-6-25(48-36)13-22(41)14-27-31(16-30(47-24)21(19)3)49-32(34(27)43-4)15-23(42)17-40/h19,23-40,42H,2-3,5-18H2,1,4H3/t19-,23+,24+,25-,26+,27+,28+,29+,30-,31+,32-,33?,34-,35-,36+,37+,38+,39+/m1/s1. The molecule has 11 bridgehead atoms. The topological polar surface area (TPSA) is 141 Å². The Balaban J connectivity index is 1.04. The van der Waals surface area contributed by atoms with E-state index in [-0.39, 0.29) is 123 Å². The molecule has 18 atom stereocenters. The first-order valence-electron chi connectivity index (χ1n) is 19.5. The highest BCUT2D eigenvalue weighted by Crippen LogP contribution is 2.45. The van der Waals surface area contributed by atoms with Gasteiger partial charge in [-0.15, -0.1) is 0 Å². The summed E-state index contributed by atoms with van der Waals surface area (Å²) in [6.45, 7) is 11.6. The monoisotopic (exact) mass is 718 g/mol. The van der Waals surface area contributed by atoms with Gasteiger partial charge >= 0.3 is 0 Å². The summed E-state index contributed by atoms with van der Waals surface area (Å²) in [5.74, 6) is 0.0776. The molecule has 286 valence electrons. The number of Topliss-reactive ketones (excluding diaryl/α,β-unsaturated/α-hetero) is 1. The van der Waals surface area contributed by atoms with Crippen LogP contribution in [0, 0.1) is 11.8 Å². The fourth-order valence-electron chi connectivity index (χ4n) is 10.4. The van der Waals surface area contributed by atoms with E-state index in [0.29, 0.717) is 26.1 Å². The van der Waals surface area contributed by atoms with Crippen molar-refractivity contribution in [2.45, 2.75) is 175 Å². The van der Waals surface area contributed by atoms with Crippen molar-refractivity contribution in [3.63, 3.8) is 0 Å². The zero-order valence-corrected chi connectivity index (χ0v) is 30.2. The number of aliphatic hydroxyl groups is 2. The van der Waals surface area contributed by atoms with E-state index >= 15 is 0 Å². The molecule has 0 spiro atoms. The van der Waals surface area contributed by atoms with Crippen LogP contribution < -0.4 is 0 Å². The van der Waals surface area contributed by atoms with Crippen molar-refractivity contribution in [2.24, 2.45) is 11.8 Å². The first-order chi connectivity index (χ1) is 24.7. The van der Waals surface area contributed by atoms with Crippen molar-refractivity contribution in [1.82, 2.24) is 0 Å². The highest BCUT2D eigenvalue weighted by Gasteiger charge is 2.61. The van der Waals surface area contributed by atoms with Crippen LogP contribution in [0.3, 0.4) is 0 Å². The Labute approximate surface area is 301 Å². The lowest BCUT2D eigenvalue weighted by atomic mass is 9.81. The predicted octanol–water partition coefficient (Wildman–Crippen LogP) is 2.98. The number of rotatable bonds is 4. The normalized spacial score (nSPS) is 49.6. The molecule has 10 saturated heterocycles. The summed E-state index contributed by atoms with van der Waals surface area (Å²) in [6.07, 6.45) is 2.58. The molecular weight excluding hydrogens is 660 g/mol. The van der Waals surface area contributed by atoms with Crippen LogP contribution in [-0.2, 0) is 47.4 Å². The highest BCUT2D eigenvalue weighted by molar-refractivity contribution is 5.79. The van der Waals surface area contributed by atoms with Crippen molar-refractivity contribution in [1.29, 1.82) is 0 Å². The van der Waals surface area contributed by atoms with Gasteiger partial charge in [0.05, 0.1) is 74.3 Å². The molecule has 12 heteroatoms. The molecule has 10 fully saturated rings. The summed E-state index contributed by atoms with van der Waals surface area (Å²) in [4.78, 5) is 13.9. The van der Waals surface area contributed by atoms with Gasteiger partial charge in [0.1, 0.15) is 42.4 Å². The van der Waals surface area contributed by atoms with Crippen molar-refractivity contribution < 1.29 is 57.6 Å². The quantitative estimate of drug-likeness (QED) is 0.413. The summed E-state index contributed by atoms with van der Waals surface area (Å²) >= 11 is 0. The molecule has 0 radical (unpaired) electrons. The number of fused-ring (bicyclic) bond motifs is 2. The maximum atomic E-state index is 13.9. The summed E-state index contributed by atoms with van der Waals surface area (Å²) < 4.78 is 58.5. The molecule has 10 heterocycles. The molecule has 51 heavy (non-hydrogen) atoms. The van der Waals surface area contributed by atoms with E-state index in [1.165, 1.54) is 0 Å². The molecule has 10 rings (SSSR count). The third kappa shape index (κ3) is 7.42. The predicted molar refractivity (Wildman–Crippen MR) is 182 cm³/mol. The summed E-state index contributed by atoms with van der Waals surface area (Å²) in [5.41, 5.74) is 2.16. The van der Waals surface area contributed by atoms with Gasteiger partial charge in [-0.1, -0.05) is 20.1 Å². The number of ketones is 1. The molecular formula is C39H58O12. The Morgan fingerprint density at radius 3 is 2.35 bits per heavy atom. The van der Waals surface area contributed by atoms with Gasteiger partial charge in [-0.3, -0.25) is 4.79 Å². The van der Waals surface area contributed by atoms with Crippen molar-refractivity contribution >= 4 is 5.78 Å². The SMILES string of the molecule is C=C1C[C@@H]2CCO[C@@H]3C4CO[C@@H]5[C@H](O4)[C@H]3O[C@H]3CC[C@H](CC(=O)C[C@@H]4[C@@H](OC)[C@@H](C[C@H](O)CO)O[C@H]4C[C@H]4O[C@@H](CC[C@@H]1O2)C[C@@H](C)C4=C)O[C@H]53. The molecule has 0 saturated carbocycles. The van der Waals surface area contributed by atoms with Gasteiger partial charge in [0.2, 0.25) is 0 Å². The fraction of sp³-hybridized carbons (Fsp3) is 0.872. The fourth-order valence-corrected chi connectivity index (χ4v) is 10.4. The Kier molecular flexibility index (Phi) is 11.1. The molecule has 0 aromatic heterocycles. The largest absolute Gasteiger partial charge is 0.394 e. The van der Waals surface area contributed by atoms with Crippen LogP contribution in [0.2, 0.25) is 0 Å². The van der Waals surface area contributed by atoms with Gasteiger partial charge in [-0.2, -0.15) is 0 Å². The molecule has 0 aromatic rings. The minimum Gasteiger partial charge on any atom is -0.394 e. The van der Waals surface area contributed by atoms with Crippen molar-refractivity contribution in [3.05, 3.63) is 24.3 Å². The smallest absolute Gasteiger partial charge is 0.135 e. The van der Waals surface area contributed by atoms with Gasteiger partial charge in [0, 0.05) is 45.3 Å². The Morgan fingerprint density at radius 2 is 1.53 bits per heavy atom. The third-order valence-electron chi connectivity index (χ3n) is 13.1. The van der Waals surface area contributed by atoms with Gasteiger partial charge in [0.15, 0.2) is 0 Å². The minimum atomic E-state index is -0.950. The Bertz CT molecular complexity index is 1280. The van der Waals surface area contributed by atoms with Crippen LogP contribution in [0.4, 0.5) is 0 Å². The van der Waals surface area contributed by atoms with E-state index in [2.05, 4.69) is 20.1 Å². The van der Waals surface area contributed by atoms with Gasteiger partial charge in [0.25, 0.3) is 0 Å². The lowest BCUT2D eigenvalue weighted by molar-refractivity contribution is -0.283. The van der Waals surface area contributed by atoms with E-state index in [1.807, 2.05) is 0 Å². The second-order valence-corrected chi connectivity index (χ2v) is 16.5. The Hall–Kier alpha value is -1.29. The second-order valence-electron chi connectivity index (χ2n) is 16.5. The number of carbonyl (C=O) groups excluding carboxylic acids is 1. The highest BCUT2D eigenvalue weighted by atomic mass is 16.7. The molecule has 1 unspecified atom stereocenters. The zero-order valence-electron chi connectivity index (χ0n) is 30.2. The van der Waals surface area contributed by atoms with Gasteiger partial charge in [-0.25, -0.2) is 0 Å². The third-order valence-corrected chi connectivity index (χ3v) is 13.1. The lowest BCUT2D eigenvalue weighted by Crippen LogP contribution is -2.62. The van der Waals surface area contributed by atoms with Crippen LogP contribution in [0.1, 0.15) is 77.6 Å². The molecule has 10 aliphatic heterocycles. The number of carbonyl (C=O) groups is 1. The van der Waals surface area contributed by atoms with Crippen LogP contribution >= 0.6 is 0 Å². The summed E-state index contributed by atoms with van der Waals surface area (Å²) in [6, 6.07) is 0. The van der Waals surface area contributed by atoms with Crippen molar-refractivity contribution in [2.75, 3.05) is 26.9 Å². The zero-order chi connectivity index (χ0) is 35.4. The molecule has 12 nitrogen and oxygen atoms in total. The Morgan fingerprint density at radius 1 is 0.765 bits per heavy atom. The first-order valence-corrected chi connectivity index (χ1v) is 19.5. The lowest BCUT2D eigenvalue weighted by Gasteiger charge is -2.48. The number of aliphatic hydroxyl groups excluding tert-OH is 2. The average molecular weight is 719 g/mol. The number of hydrogen-bond donors (Lipinski definition) is 2. The summed E-state index contributed by atoms with van der Waals surface area (Å²) in [5, 5.41) is 20.0. The molecule has 2 N–H and O–H groups in total. The number of hydrogen-bond acceptors (Lipinski definition) is 12. The number of ether oxygens (including phenoxy) is 9. The van der Waals surface area contributed by atoms with Gasteiger partial charge < -0.3 is 52.8 Å². The first kappa shape index (κ1) is 36.7. The maximum absolute atomic E-state index is 13.9. The van der Waals surface area contributed by atoms with Crippen LogP contribution in [0.15, 0.2) is 24.3 Å².